The zero-order valence-electron chi connectivity index (χ0n) is 11.5. The molecule has 4 heteroatoms. The van der Waals surface area contributed by atoms with Crippen molar-refractivity contribution in [3.05, 3.63) is 30.3 Å². The highest BCUT2D eigenvalue weighted by Crippen LogP contribution is 2.40. The number of ketones is 1. The minimum atomic E-state index is -0.0318. The normalized spacial score (nSPS) is 29.5. The molecule has 0 saturated carbocycles. The van der Waals surface area contributed by atoms with Crippen LogP contribution in [0.4, 0.5) is 0 Å². The van der Waals surface area contributed by atoms with Crippen molar-refractivity contribution < 1.29 is 14.3 Å². The van der Waals surface area contributed by atoms with Crippen LogP contribution in [-0.4, -0.2) is 36.1 Å². The van der Waals surface area contributed by atoms with Gasteiger partial charge >= 0.3 is 0 Å². The first kappa shape index (κ1) is 14.0. The Morgan fingerprint density at radius 2 is 2.25 bits per heavy atom. The molecule has 0 radical (unpaired) electrons. The van der Waals surface area contributed by atoms with Crippen molar-refractivity contribution in [3.8, 4) is 5.75 Å². The van der Waals surface area contributed by atoms with Crippen LogP contribution in [-0.2, 0) is 9.53 Å². The largest absolute Gasteiger partial charge is 0.486 e. The van der Waals surface area contributed by atoms with Gasteiger partial charge in [0.1, 0.15) is 12.4 Å². The molecule has 1 spiro atoms. The summed E-state index contributed by atoms with van der Waals surface area (Å²) < 4.78 is 11.5. The highest BCUT2D eigenvalue weighted by atomic mass is 32.2. The molecule has 0 bridgehead atoms. The van der Waals surface area contributed by atoms with E-state index in [1.54, 1.807) is 0 Å². The highest BCUT2D eigenvalue weighted by molar-refractivity contribution is 7.99. The van der Waals surface area contributed by atoms with Crippen LogP contribution < -0.4 is 4.74 Å². The number of Topliss-reactive ketones (excluding diaryl/α,β-unsaturated/α-hetero) is 1. The van der Waals surface area contributed by atoms with Gasteiger partial charge in [-0.05, 0) is 37.1 Å². The van der Waals surface area contributed by atoms with Gasteiger partial charge in [0.15, 0.2) is 5.78 Å². The lowest BCUT2D eigenvalue weighted by Gasteiger charge is -2.37. The molecule has 20 heavy (non-hydrogen) atoms. The van der Waals surface area contributed by atoms with Gasteiger partial charge in [0.25, 0.3) is 0 Å². The van der Waals surface area contributed by atoms with E-state index in [4.69, 9.17) is 9.47 Å². The standard InChI is InChI=1S/C16H20O3S/c17-15(11-18-14-4-2-1-3-5-14)13-6-8-19-16(10-13)7-9-20-12-16/h1-5,13H,6-12H2. The average Bonchev–Trinajstić information content (AvgIpc) is 2.93. The molecule has 0 aliphatic carbocycles. The SMILES string of the molecule is O=C(COc1ccccc1)C1CCOC2(CCSC2)C1. The minimum absolute atomic E-state index is 0.0318. The van der Waals surface area contributed by atoms with Crippen LogP contribution in [0.1, 0.15) is 19.3 Å². The summed E-state index contributed by atoms with van der Waals surface area (Å²) in [6.45, 7) is 0.889. The van der Waals surface area contributed by atoms with E-state index in [1.807, 2.05) is 42.1 Å². The predicted molar refractivity (Wildman–Crippen MR) is 80.3 cm³/mol. The molecular formula is C16H20O3S. The Kier molecular flexibility index (Phi) is 4.32. The maximum absolute atomic E-state index is 12.3. The van der Waals surface area contributed by atoms with Crippen LogP contribution in [0.15, 0.2) is 30.3 Å². The molecule has 1 aromatic carbocycles. The fourth-order valence-corrected chi connectivity index (χ4v) is 4.33. The summed E-state index contributed by atoms with van der Waals surface area (Å²) in [5.41, 5.74) is -0.0318. The number of hydrogen-bond acceptors (Lipinski definition) is 4. The lowest BCUT2D eigenvalue weighted by atomic mass is 9.83. The number of carbonyl (C=O) groups is 1. The third kappa shape index (κ3) is 3.18. The van der Waals surface area contributed by atoms with Crippen molar-refractivity contribution in [2.45, 2.75) is 24.9 Å². The summed E-state index contributed by atoms with van der Waals surface area (Å²) in [4.78, 5) is 12.3. The number of thioether (sulfide) groups is 1. The predicted octanol–water partition coefficient (Wildman–Crippen LogP) is 2.94. The molecule has 2 aliphatic heterocycles. The van der Waals surface area contributed by atoms with Crippen LogP contribution in [0.25, 0.3) is 0 Å². The molecule has 2 aliphatic rings. The Morgan fingerprint density at radius 3 is 3.00 bits per heavy atom. The second-order valence-electron chi connectivity index (χ2n) is 5.59. The van der Waals surface area contributed by atoms with Gasteiger partial charge in [0, 0.05) is 18.3 Å². The highest BCUT2D eigenvalue weighted by Gasteiger charge is 2.42. The Balaban J connectivity index is 1.54. The summed E-state index contributed by atoms with van der Waals surface area (Å²) in [6, 6.07) is 9.53. The van der Waals surface area contributed by atoms with E-state index in [0.29, 0.717) is 6.61 Å². The minimum Gasteiger partial charge on any atom is -0.486 e. The number of ether oxygens (including phenoxy) is 2. The summed E-state index contributed by atoms with van der Waals surface area (Å²) in [6.07, 6.45) is 2.79. The second-order valence-corrected chi connectivity index (χ2v) is 6.70. The summed E-state index contributed by atoms with van der Waals surface area (Å²) in [7, 11) is 0. The molecule has 0 aromatic heterocycles. The van der Waals surface area contributed by atoms with Crippen molar-refractivity contribution in [1.29, 1.82) is 0 Å². The zero-order valence-corrected chi connectivity index (χ0v) is 12.4. The fourth-order valence-electron chi connectivity index (χ4n) is 2.95. The lowest BCUT2D eigenvalue weighted by Crippen LogP contribution is -2.42. The molecule has 108 valence electrons. The van der Waals surface area contributed by atoms with Crippen LogP contribution in [0.5, 0.6) is 5.75 Å². The van der Waals surface area contributed by atoms with Gasteiger partial charge in [-0.15, -0.1) is 0 Å². The molecule has 1 aromatic rings. The molecular weight excluding hydrogens is 272 g/mol. The maximum Gasteiger partial charge on any atom is 0.173 e. The topological polar surface area (TPSA) is 35.5 Å². The first-order chi connectivity index (χ1) is 9.77. The summed E-state index contributed by atoms with van der Waals surface area (Å²) >= 11 is 1.94. The van der Waals surface area contributed by atoms with E-state index in [1.165, 1.54) is 0 Å². The quantitative estimate of drug-likeness (QED) is 0.855. The van der Waals surface area contributed by atoms with Gasteiger partial charge in [-0.2, -0.15) is 11.8 Å². The van der Waals surface area contributed by atoms with Gasteiger partial charge in [0.05, 0.1) is 5.60 Å². The maximum atomic E-state index is 12.3. The van der Waals surface area contributed by atoms with Gasteiger partial charge in [-0.1, -0.05) is 18.2 Å². The summed E-state index contributed by atoms with van der Waals surface area (Å²) in [5.74, 6) is 3.27. The Morgan fingerprint density at radius 1 is 1.40 bits per heavy atom. The van der Waals surface area contributed by atoms with Gasteiger partial charge in [0.2, 0.25) is 0 Å². The van der Waals surface area contributed by atoms with Gasteiger partial charge < -0.3 is 9.47 Å². The van der Waals surface area contributed by atoms with Crippen LogP contribution in [0.2, 0.25) is 0 Å². The lowest BCUT2D eigenvalue weighted by molar-refractivity contribution is -0.135. The molecule has 2 saturated heterocycles. The molecule has 3 nitrogen and oxygen atoms in total. The third-order valence-corrected chi connectivity index (χ3v) is 5.36. The molecule has 0 N–H and O–H groups in total. The van der Waals surface area contributed by atoms with Crippen molar-refractivity contribution in [3.63, 3.8) is 0 Å². The Bertz CT molecular complexity index is 454. The fraction of sp³-hybridized carbons (Fsp3) is 0.562. The van der Waals surface area contributed by atoms with Crippen LogP contribution in [0, 0.1) is 5.92 Å². The van der Waals surface area contributed by atoms with E-state index < -0.39 is 0 Å². The van der Waals surface area contributed by atoms with Crippen LogP contribution >= 0.6 is 11.8 Å². The summed E-state index contributed by atoms with van der Waals surface area (Å²) in [5, 5.41) is 0. The number of para-hydroxylation sites is 1. The molecule has 0 amide bonds. The van der Waals surface area contributed by atoms with Crippen molar-refractivity contribution in [2.24, 2.45) is 5.92 Å². The smallest absolute Gasteiger partial charge is 0.173 e. The van der Waals surface area contributed by atoms with Crippen molar-refractivity contribution >= 4 is 17.5 Å². The third-order valence-electron chi connectivity index (χ3n) is 4.14. The van der Waals surface area contributed by atoms with E-state index in [2.05, 4.69) is 0 Å². The number of hydrogen-bond donors (Lipinski definition) is 0. The van der Waals surface area contributed by atoms with E-state index >= 15 is 0 Å². The molecule has 2 heterocycles. The van der Waals surface area contributed by atoms with Crippen molar-refractivity contribution in [1.82, 2.24) is 0 Å². The molecule has 3 rings (SSSR count). The molecule has 2 atom stereocenters. The molecule has 2 unspecified atom stereocenters. The van der Waals surface area contributed by atoms with Crippen molar-refractivity contribution in [2.75, 3.05) is 24.7 Å². The Labute approximate surface area is 124 Å². The van der Waals surface area contributed by atoms with E-state index in [0.717, 1.165) is 36.5 Å². The number of rotatable bonds is 4. The Hall–Kier alpha value is -1.00. The van der Waals surface area contributed by atoms with E-state index in [9.17, 15) is 4.79 Å². The first-order valence-corrected chi connectivity index (χ1v) is 8.35. The van der Waals surface area contributed by atoms with E-state index in [-0.39, 0.29) is 23.9 Å². The number of benzene rings is 1. The van der Waals surface area contributed by atoms with Crippen LogP contribution in [0.3, 0.4) is 0 Å². The number of carbonyl (C=O) groups excluding carboxylic acids is 1. The van der Waals surface area contributed by atoms with Gasteiger partial charge in [-0.25, -0.2) is 0 Å². The average molecular weight is 292 g/mol. The monoisotopic (exact) mass is 292 g/mol. The molecule has 2 fully saturated rings. The first-order valence-electron chi connectivity index (χ1n) is 7.20. The van der Waals surface area contributed by atoms with Gasteiger partial charge in [-0.3, -0.25) is 4.79 Å². The zero-order chi connectivity index (χ0) is 13.8. The second kappa shape index (κ2) is 6.19.